The van der Waals surface area contributed by atoms with Gasteiger partial charge in [-0.15, -0.1) is 0 Å². The number of carbonyl (C=O) groups is 2. The van der Waals surface area contributed by atoms with Crippen LogP contribution in [-0.2, 0) is 27.2 Å². The highest BCUT2D eigenvalue weighted by Gasteiger charge is 2.21. The number of H-pyrrole nitrogens is 1. The topological polar surface area (TPSA) is 114 Å². The molecule has 5 aromatic rings. The fourth-order valence-corrected chi connectivity index (χ4v) is 4.84. The molecule has 41 heavy (non-hydrogen) atoms. The Morgan fingerprint density at radius 3 is 2.39 bits per heavy atom. The summed E-state index contributed by atoms with van der Waals surface area (Å²) >= 11 is 0. The van der Waals surface area contributed by atoms with Crippen LogP contribution >= 0.6 is 0 Å². The highest BCUT2D eigenvalue weighted by Crippen LogP contribution is 2.38. The van der Waals surface area contributed by atoms with Crippen LogP contribution in [0.25, 0.3) is 33.3 Å². The van der Waals surface area contributed by atoms with Gasteiger partial charge in [0.2, 0.25) is 5.91 Å². The zero-order valence-electron chi connectivity index (χ0n) is 22.9. The van der Waals surface area contributed by atoms with E-state index in [0.717, 1.165) is 39.0 Å². The molecule has 208 valence electrons. The smallest absolute Gasteiger partial charge is 0.328 e. The van der Waals surface area contributed by atoms with Crippen LogP contribution in [0.5, 0.6) is 11.5 Å². The van der Waals surface area contributed by atoms with E-state index in [1.807, 2.05) is 78.9 Å². The predicted octanol–water partition coefficient (Wildman–Crippen LogP) is 5.44. The van der Waals surface area contributed by atoms with Gasteiger partial charge in [0, 0.05) is 22.7 Å². The molecule has 0 fully saturated rings. The van der Waals surface area contributed by atoms with Crippen molar-refractivity contribution >= 4 is 22.8 Å². The summed E-state index contributed by atoms with van der Waals surface area (Å²) in [6, 6.07) is 23.8. The van der Waals surface area contributed by atoms with Gasteiger partial charge in [0.25, 0.3) is 0 Å². The third-order valence-electron chi connectivity index (χ3n) is 7.08. The zero-order valence-corrected chi connectivity index (χ0v) is 22.9. The van der Waals surface area contributed by atoms with Gasteiger partial charge in [0.05, 0.1) is 38.0 Å². The zero-order chi connectivity index (χ0) is 28.8. The molecule has 5 rings (SSSR count). The summed E-state index contributed by atoms with van der Waals surface area (Å²) < 4.78 is 10.1. The van der Waals surface area contributed by atoms with Gasteiger partial charge in [-0.2, -0.15) is 0 Å². The van der Waals surface area contributed by atoms with Gasteiger partial charge in [0.1, 0.15) is 17.5 Å². The van der Waals surface area contributed by atoms with Crippen molar-refractivity contribution in [3.63, 3.8) is 0 Å². The van der Waals surface area contributed by atoms with Crippen molar-refractivity contribution in [2.45, 2.75) is 25.3 Å². The normalized spacial score (nSPS) is 11.7. The van der Waals surface area contributed by atoms with E-state index in [4.69, 9.17) is 9.47 Å². The maximum atomic E-state index is 12.8. The number of amides is 1. The van der Waals surface area contributed by atoms with E-state index in [1.54, 1.807) is 19.5 Å². The molecule has 0 radical (unpaired) electrons. The van der Waals surface area contributed by atoms with Crippen molar-refractivity contribution in [1.82, 2.24) is 15.3 Å². The first-order chi connectivity index (χ1) is 19.9. The van der Waals surface area contributed by atoms with Crippen molar-refractivity contribution in [3.8, 4) is 33.9 Å². The second-order valence-electron chi connectivity index (χ2n) is 9.75. The minimum Gasteiger partial charge on any atom is -0.507 e. The third-order valence-corrected chi connectivity index (χ3v) is 7.08. The van der Waals surface area contributed by atoms with Crippen molar-refractivity contribution in [2.75, 3.05) is 14.2 Å². The Bertz CT molecular complexity index is 1630. The number of aromatic amines is 1. The first-order valence-electron chi connectivity index (χ1n) is 13.3. The van der Waals surface area contributed by atoms with E-state index < -0.39 is 12.0 Å². The van der Waals surface area contributed by atoms with E-state index in [0.29, 0.717) is 24.0 Å². The van der Waals surface area contributed by atoms with Crippen molar-refractivity contribution < 1.29 is 24.2 Å². The molecule has 0 aliphatic heterocycles. The number of fused-ring (bicyclic) bond motifs is 1. The number of esters is 1. The lowest BCUT2D eigenvalue weighted by atomic mass is 9.98. The predicted molar refractivity (Wildman–Crippen MR) is 158 cm³/mol. The standard InChI is InChI=1S/C33H31N3O5/c1-40-25-13-8-21(9-14-25)10-15-28(33(39)41-2)36-31(37)18-22-6-11-23(12-7-22)26-4-3-5-27(32(26)38)29-19-24-16-17-34-20-30(24)35-29/h3-9,11-14,16-17,19-20,28,35,38H,10,15,18H2,1-2H3,(H,36,37). The number of ether oxygens (including phenoxy) is 2. The molecule has 0 bridgehead atoms. The maximum absolute atomic E-state index is 12.8. The number of nitrogens with zero attached hydrogens (tertiary/aromatic N) is 1. The molecule has 1 atom stereocenters. The number of carbonyl (C=O) groups excluding carboxylic acids is 2. The molecule has 2 aromatic heterocycles. The first kappa shape index (κ1) is 27.5. The number of methoxy groups -OCH3 is 2. The number of phenolic OH excluding ortho intramolecular Hbond substituents is 1. The first-order valence-corrected chi connectivity index (χ1v) is 13.3. The lowest BCUT2D eigenvalue weighted by molar-refractivity contribution is -0.145. The number of rotatable bonds is 10. The fourth-order valence-electron chi connectivity index (χ4n) is 4.84. The molecule has 3 N–H and O–H groups in total. The van der Waals surface area contributed by atoms with E-state index in [1.165, 1.54) is 7.11 Å². The molecule has 2 heterocycles. The summed E-state index contributed by atoms with van der Waals surface area (Å²) in [5.41, 5.74) is 5.68. The summed E-state index contributed by atoms with van der Waals surface area (Å²) in [4.78, 5) is 32.6. The molecule has 3 aromatic carbocycles. The summed E-state index contributed by atoms with van der Waals surface area (Å²) in [5.74, 6) is 0.160. The Labute approximate surface area is 238 Å². The van der Waals surface area contributed by atoms with Gasteiger partial charge in [-0.1, -0.05) is 48.5 Å². The van der Waals surface area contributed by atoms with Gasteiger partial charge in [0.15, 0.2) is 0 Å². The number of hydrogen-bond donors (Lipinski definition) is 3. The third kappa shape index (κ3) is 6.38. The summed E-state index contributed by atoms with van der Waals surface area (Å²) in [5, 5.41) is 14.9. The number of nitrogens with one attached hydrogen (secondary N) is 2. The Morgan fingerprint density at radius 1 is 0.951 bits per heavy atom. The average Bonchev–Trinajstić information content (AvgIpc) is 3.44. The minimum atomic E-state index is -0.756. The fraction of sp³-hybridized carbons (Fsp3) is 0.182. The summed E-state index contributed by atoms with van der Waals surface area (Å²) in [6.07, 6.45) is 4.59. The van der Waals surface area contributed by atoms with E-state index in [2.05, 4.69) is 15.3 Å². The van der Waals surface area contributed by atoms with E-state index in [-0.39, 0.29) is 18.1 Å². The minimum absolute atomic E-state index is 0.103. The van der Waals surface area contributed by atoms with E-state index >= 15 is 0 Å². The molecular weight excluding hydrogens is 518 g/mol. The highest BCUT2D eigenvalue weighted by molar-refractivity contribution is 5.89. The molecule has 1 unspecified atom stereocenters. The molecule has 0 saturated heterocycles. The second kappa shape index (κ2) is 12.4. The van der Waals surface area contributed by atoms with Crippen molar-refractivity contribution in [1.29, 1.82) is 0 Å². The van der Waals surface area contributed by atoms with Crippen LogP contribution in [0.3, 0.4) is 0 Å². The number of hydrogen-bond acceptors (Lipinski definition) is 6. The Kier molecular flexibility index (Phi) is 8.29. The maximum Gasteiger partial charge on any atom is 0.328 e. The quantitative estimate of drug-likeness (QED) is 0.200. The number of aromatic nitrogens is 2. The Hall–Kier alpha value is -5.11. The molecule has 8 nitrogen and oxygen atoms in total. The lowest BCUT2D eigenvalue weighted by Crippen LogP contribution is -2.42. The van der Waals surface area contributed by atoms with Gasteiger partial charge in [-0.3, -0.25) is 9.78 Å². The average molecular weight is 550 g/mol. The molecule has 8 heteroatoms. The molecule has 0 aliphatic rings. The largest absolute Gasteiger partial charge is 0.507 e. The van der Waals surface area contributed by atoms with Crippen LogP contribution in [0.15, 0.2) is 91.3 Å². The van der Waals surface area contributed by atoms with Crippen LogP contribution < -0.4 is 10.1 Å². The number of aromatic hydroxyl groups is 1. The van der Waals surface area contributed by atoms with E-state index in [9.17, 15) is 14.7 Å². The van der Waals surface area contributed by atoms with Gasteiger partial charge < -0.3 is 24.9 Å². The SMILES string of the molecule is COC(=O)C(CCc1ccc(OC)cc1)NC(=O)Cc1ccc(-c2cccc(-c3cc4ccncc4[nH]3)c2O)cc1. The van der Waals surface area contributed by atoms with Gasteiger partial charge in [-0.05, 0) is 59.9 Å². The summed E-state index contributed by atoms with van der Waals surface area (Å²) in [6.45, 7) is 0. The molecule has 0 aliphatic carbocycles. The van der Waals surface area contributed by atoms with Crippen LogP contribution in [0.1, 0.15) is 17.5 Å². The van der Waals surface area contributed by atoms with Crippen LogP contribution in [0, 0.1) is 0 Å². The Morgan fingerprint density at radius 2 is 1.68 bits per heavy atom. The van der Waals surface area contributed by atoms with Crippen LogP contribution in [0.2, 0.25) is 0 Å². The van der Waals surface area contributed by atoms with Gasteiger partial charge in [-0.25, -0.2) is 4.79 Å². The molecule has 1 amide bonds. The number of pyridine rings is 1. The number of aryl methyl sites for hydroxylation is 1. The Balaban J connectivity index is 1.25. The summed E-state index contributed by atoms with van der Waals surface area (Å²) in [7, 11) is 2.92. The number of phenols is 1. The van der Waals surface area contributed by atoms with Crippen LogP contribution in [-0.4, -0.2) is 47.2 Å². The second-order valence-corrected chi connectivity index (χ2v) is 9.75. The molecule has 0 saturated carbocycles. The molecular formula is C33H31N3O5. The number of para-hydroxylation sites is 1. The highest BCUT2D eigenvalue weighted by atomic mass is 16.5. The monoisotopic (exact) mass is 549 g/mol. The number of benzene rings is 3. The van der Waals surface area contributed by atoms with Crippen LogP contribution in [0.4, 0.5) is 0 Å². The lowest BCUT2D eigenvalue weighted by Gasteiger charge is -2.17. The van der Waals surface area contributed by atoms with Crippen molar-refractivity contribution in [2.24, 2.45) is 0 Å². The van der Waals surface area contributed by atoms with Crippen molar-refractivity contribution in [3.05, 3.63) is 102 Å². The molecule has 0 spiro atoms. The van der Waals surface area contributed by atoms with Gasteiger partial charge >= 0.3 is 5.97 Å².